The lowest BCUT2D eigenvalue weighted by molar-refractivity contribution is -0.118. The van der Waals surface area contributed by atoms with Crippen LogP contribution in [0.2, 0.25) is 0 Å². The molecule has 3 aromatic rings. The minimum atomic E-state index is -0.0384. The number of thioether (sulfide) groups is 1. The van der Waals surface area contributed by atoms with Gasteiger partial charge >= 0.3 is 0 Å². The largest absolute Gasteiger partial charge is 0.497 e. The van der Waals surface area contributed by atoms with E-state index in [9.17, 15) is 4.79 Å². The van der Waals surface area contributed by atoms with E-state index in [0.717, 1.165) is 34.7 Å². The Kier molecular flexibility index (Phi) is 7.47. The molecule has 1 aromatic heterocycles. The number of aromatic nitrogens is 2. The summed E-state index contributed by atoms with van der Waals surface area (Å²) in [6, 6.07) is 19.2. The molecule has 3 rings (SSSR count). The number of nitrogens with one attached hydrogen (secondary N) is 1. The smallest absolute Gasteiger partial charge is 0.230 e. The number of carbonyl (C=O) groups is 1. The van der Waals surface area contributed by atoms with Gasteiger partial charge in [-0.2, -0.15) is 0 Å². The standard InChI is InChI=1S/C22H23N3O3S/c1-27-18-8-5-7-17(14-18)19-10-11-22(25-24-19)29-15-21(26)23-13-12-16-6-3-4-9-20(16)28-2/h3-11,14H,12-13,15H2,1-2H3,(H,23,26). The number of methoxy groups -OCH3 is 2. The molecule has 2 aromatic carbocycles. The van der Waals surface area contributed by atoms with Crippen LogP contribution in [0.4, 0.5) is 0 Å². The molecule has 0 aliphatic carbocycles. The number of hydrogen-bond acceptors (Lipinski definition) is 6. The Labute approximate surface area is 174 Å². The van der Waals surface area contributed by atoms with Crippen molar-refractivity contribution in [2.24, 2.45) is 0 Å². The molecule has 0 bridgehead atoms. The van der Waals surface area contributed by atoms with Crippen LogP contribution in [-0.2, 0) is 11.2 Å². The van der Waals surface area contributed by atoms with Crippen molar-refractivity contribution in [1.82, 2.24) is 15.5 Å². The summed E-state index contributed by atoms with van der Waals surface area (Å²) in [5.74, 6) is 1.86. The summed E-state index contributed by atoms with van der Waals surface area (Å²) in [6.45, 7) is 0.556. The Morgan fingerprint density at radius 3 is 2.62 bits per heavy atom. The van der Waals surface area contributed by atoms with Gasteiger partial charge in [-0.05, 0) is 42.3 Å². The number of nitrogens with zero attached hydrogens (tertiary/aromatic N) is 2. The van der Waals surface area contributed by atoms with Crippen molar-refractivity contribution in [3.63, 3.8) is 0 Å². The highest BCUT2D eigenvalue weighted by atomic mass is 32.2. The highest BCUT2D eigenvalue weighted by Crippen LogP contribution is 2.23. The zero-order valence-corrected chi connectivity index (χ0v) is 17.2. The van der Waals surface area contributed by atoms with Crippen molar-refractivity contribution in [3.05, 3.63) is 66.2 Å². The summed E-state index contributed by atoms with van der Waals surface area (Å²) in [5.41, 5.74) is 2.76. The molecule has 0 unspecified atom stereocenters. The third-order valence-corrected chi connectivity index (χ3v) is 5.19. The molecule has 0 saturated carbocycles. The topological polar surface area (TPSA) is 73.3 Å². The third-order valence-electron chi connectivity index (χ3n) is 4.27. The van der Waals surface area contributed by atoms with Crippen molar-refractivity contribution in [1.29, 1.82) is 0 Å². The van der Waals surface area contributed by atoms with Gasteiger partial charge in [-0.15, -0.1) is 10.2 Å². The second-order valence-corrected chi connectivity index (χ2v) is 7.18. The second kappa shape index (κ2) is 10.5. The normalized spacial score (nSPS) is 10.4. The average molecular weight is 410 g/mol. The quantitative estimate of drug-likeness (QED) is 0.544. The van der Waals surface area contributed by atoms with Gasteiger partial charge in [-0.25, -0.2) is 0 Å². The number of hydrogen-bond donors (Lipinski definition) is 1. The van der Waals surface area contributed by atoms with E-state index in [2.05, 4.69) is 15.5 Å². The van der Waals surface area contributed by atoms with Gasteiger partial charge < -0.3 is 14.8 Å². The molecule has 1 N–H and O–H groups in total. The van der Waals surface area contributed by atoms with E-state index in [4.69, 9.17) is 9.47 Å². The zero-order chi connectivity index (χ0) is 20.5. The predicted octanol–water partition coefficient (Wildman–Crippen LogP) is 3.61. The summed E-state index contributed by atoms with van der Waals surface area (Å²) >= 11 is 1.36. The van der Waals surface area contributed by atoms with Gasteiger partial charge in [-0.1, -0.05) is 42.1 Å². The molecule has 1 amide bonds. The molecule has 0 saturated heterocycles. The highest BCUT2D eigenvalue weighted by Gasteiger charge is 2.07. The molecule has 150 valence electrons. The minimum Gasteiger partial charge on any atom is -0.497 e. The number of benzene rings is 2. The number of amides is 1. The Balaban J connectivity index is 1.46. The first-order valence-electron chi connectivity index (χ1n) is 9.19. The minimum absolute atomic E-state index is 0.0384. The van der Waals surface area contributed by atoms with Crippen molar-refractivity contribution in [2.45, 2.75) is 11.4 Å². The van der Waals surface area contributed by atoms with Gasteiger partial charge in [0.2, 0.25) is 5.91 Å². The van der Waals surface area contributed by atoms with Gasteiger partial charge in [0, 0.05) is 12.1 Å². The molecule has 1 heterocycles. The van der Waals surface area contributed by atoms with E-state index in [0.29, 0.717) is 17.3 Å². The molecule has 29 heavy (non-hydrogen) atoms. The van der Waals surface area contributed by atoms with E-state index in [1.54, 1.807) is 14.2 Å². The van der Waals surface area contributed by atoms with Crippen LogP contribution in [0, 0.1) is 0 Å². The summed E-state index contributed by atoms with van der Waals surface area (Å²) < 4.78 is 10.6. The summed E-state index contributed by atoms with van der Waals surface area (Å²) in [5, 5.41) is 12.1. The van der Waals surface area contributed by atoms with Crippen LogP contribution in [0.15, 0.2) is 65.7 Å². The lowest BCUT2D eigenvalue weighted by Crippen LogP contribution is -2.27. The Hall–Kier alpha value is -3.06. The Morgan fingerprint density at radius 1 is 1.00 bits per heavy atom. The molecular formula is C22H23N3O3S. The van der Waals surface area contributed by atoms with Crippen LogP contribution < -0.4 is 14.8 Å². The first-order valence-corrected chi connectivity index (χ1v) is 10.2. The van der Waals surface area contributed by atoms with Crippen molar-refractivity contribution in [3.8, 4) is 22.8 Å². The number of carbonyl (C=O) groups excluding carboxylic acids is 1. The maximum atomic E-state index is 12.1. The van der Waals surface area contributed by atoms with Crippen molar-refractivity contribution in [2.75, 3.05) is 26.5 Å². The third kappa shape index (κ3) is 5.96. The van der Waals surface area contributed by atoms with Crippen molar-refractivity contribution >= 4 is 17.7 Å². The molecule has 0 atom stereocenters. The molecule has 0 fully saturated rings. The van der Waals surface area contributed by atoms with Crippen LogP contribution in [-0.4, -0.2) is 42.6 Å². The summed E-state index contributed by atoms with van der Waals surface area (Å²) in [6.07, 6.45) is 0.718. The molecule has 0 aliphatic heterocycles. The van der Waals surface area contributed by atoms with Crippen LogP contribution in [0.1, 0.15) is 5.56 Å². The van der Waals surface area contributed by atoms with Crippen LogP contribution in [0.3, 0.4) is 0 Å². The first kappa shape index (κ1) is 20.7. The van der Waals surface area contributed by atoms with Gasteiger partial charge in [0.1, 0.15) is 16.5 Å². The van der Waals surface area contributed by atoms with Crippen LogP contribution >= 0.6 is 11.8 Å². The van der Waals surface area contributed by atoms with Gasteiger partial charge in [0.25, 0.3) is 0 Å². The second-order valence-electron chi connectivity index (χ2n) is 6.19. The fourth-order valence-electron chi connectivity index (χ4n) is 2.77. The van der Waals surface area contributed by atoms with Gasteiger partial charge in [-0.3, -0.25) is 4.79 Å². The van der Waals surface area contributed by atoms with Crippen LogP contribution in [0.5, 0.6) is 11.5 Å². The zero-order valence-electron chi connectivity index (χ0n) is 16.4. The maximum Gasteiger partial charge on any atom is 0.230 e. The maximum absolute atomic E-state index is 12.1. The molecule has 0 spiro atoms. The van der Waals surface area contributed by atoms with Crippen LogP contribution in [0.25, 0.3) is 11.3 Å². The lowest BCUT2D eigenvalue weighted by Gasteiger charge is -2.09. The number of ether oxygens (including phenoxy) is 2. The fraction of sp³-hybridized carbons (Fsp3) is 0.227. The van der Waals surface area contributed by atoms with E-state index in [-0.39, 0.29) is 5.91 Å². The molecule has 6 nitrogen and oxygen atoms in total. The molecule has 0 aliphatic rings. The molecule has 7 heteroatoms. The Bertz CT molecular complexity index is 948. The number of rotatable bonds is 9. The van der Waals surface area contributed by atoms with Gasteiger partial charge in [0.15, 0.2) is 0 Å². The van der Waals surface area contributed by atoms with E-state index in [1.165, 1.54) is 11.8 Å². The average Bonchev–Trinajstić information content (AvgIpc) is 2.78. The number of para-hydroxylation sites is 1. The monoisotopic (exact) mass is 409 g/mol. The van der Waals surface area contributed by atoms with E-state index in [1.807, 2.05) is 60.7 Å². The Morgan fingerprint density at radius 2 is 1.86 bits per heavy atom. The highest BCUT2D eigenvalue weighted by molar-refractivity contribution is 7.99. The van der Waals surface area contributed by atoms with Crippen molar-refractivity contribution < 1.29 is 14.3 Å². The SMILES string of the molecule is COc1cccc(-c2ccc(SCC(=O)NCCc3ccccc3OC)nn2)c1. The fourth-order valence-corrected chi connectivity index (χ4v) is 3.41. The van der Waals surface area contributed by atoms with E-state index < -0.39 is 0 Å². The summed E-state index contributed by atoms with van der Waals surface area (Å²) in [7, 11) is 3.28. The molecule has 0 radical (unpaired) electrons. The lowest BCUT2D eigenvalue weighted by atomic mass is 10.1. The van der Waals surface area contributed by atoms with Gasteiger partial charge in [0.05, 0.1) is 25.7 Å². The van der Waals surface area contributed by atoms with E-state index >= 15 is 0 Å². The molecular weight excluding hydrogens is 386 g/mol. The predicted molar refractivity (Wildman–Crippen MR) is 114 cm³/mol. The first-order chi connectivity index (χ1) is 14.2. The summed E-state index contributed by atoms with van der Waals surface area (Å²) in [4.78, 5) is 12.1.